The Balaban J connectivity index is 1.97. The highest BCUT2D eigenvalue weighted by Gasteiger charge is 2.21. The molecule has 1 fully saturated rings. The van der Waals surface area contributed by atoms with Crippen molar-refractivity contribution in [2.24, 2.45) is 0 Å². The number of nitrogens with one attached hydrogen (secondary N) is 2. The van der Waals surface area contributed by atoms with Gasteiger partial charge in [0.2, 0.25) is 10.0 Å². The third-order valence-corrected chi connectivity index (χ3v) is 3.91. The third kappa shape index (κ3) is 3.18. The number of rotatable bonds is 4. The van der Waals surface area contributed by atoms with Crippen molar-refractivity contribution >= 4 is 15.7 Å². The van der Waals surface area contributed by atoms with Gasteiger partial charge in [0.25, 0.3) is 0 Å². The van der Waals surface area contributed by atoms with Crippen molar-refractivity contribution in [3.63, 3.8) is 0 Å². The lowest BCUT2D eigenvalue weighted by Crippen LogP contribution is -2.32. The van der Waals surface area contributed by atoms with E-state index in [1.54, 1.807) is 18.3 Å². The molecule has 1 aromatic heterocycles. The molecule has 1 aromatic rings. The highest BCUT2D eigenvalue weighted by molar-refractivity contribution is 7.92. The monoisotopic (exact) mass is 241 g/mol. The van der Waals surface area contributed by atoms with Crippen LogP contribution in [0, 0.1) is 0 Å². The van der Waals surface area contributed by atoms with Gasteiger partial charge in [-0.15, -0.1) is 0 Å². The van der Waals surface area contributed by atoms with Gasteiger partial charge in [-0.25, -0.2) is 8.42 Å². The van der Waals surface area contributed by atoms with Gasteiger partial charge in [-0.1, -0.05) is 0 Å². The average Bonchev–Trinajstić information content (AvgIpc) is 2.70. The molecular formula is C10H15N3O2S. The molecule has 1 aliphatic rings. The number of pyridine rings is 1. The van der Waals surface area contributed by atoms with Crippen LogP contribution in [0.3, 0.4) is 0 Å². The van der Waals surface area contributed by atoms with Gasteiger partial charge in [0, 0.05) is 12.2 Å². The van der Waals surface area contributed by atoms with E-state index >= 15 is 0 Å². The predicted molar refractivity (Wildman–Crippen MR) is 62.7 cm³/mol. The Morgan fingerprint density at radius 2 is 2.44 bits per heavy atom. The molecule has 1 unspecified atom stereocenters. The standard InChI is InChI=1S/C10H15N3O2S/c14-16(15,8-10-4-2-6-12-10)13-9-3-1-5-11-7-9/h1,3,5,7,10,12-13H,2,4,6,8H2. The Hall–Kier alpha value is -1.14. The van der Waals surface area contributed by atoms with Crippen LogP contribution in [0.2, 0.25) is 0 Å². The van der Waals surface area contributed by atoms with Gasteiger partial charge >= 0.3 is 0 Å². The molecular weight excluding hydrogens is 226 g/mol. The normalized spacial score (nSPS) is 20.9. The van der Waals surface area contributed by atoms with Gasteiger partial charge in [0.05, 0.1) is 17.6 Å². The number of nitrogens with zero attached hydrogens (tertiary/aromatic N) is 1. The van der Waals surface area contributed by atoms with E-state index in [2.05, 4.69) is 15.0 Å². The molecule has 2 rings (SSSR count). The molecule has 1 saturated heterocycles. The van der Waals surface area contributed by atoms with Crippen molar-refractivity contribution < 1.29 is 8.42 Å². The molecule has 5 nitrogen and oxygen atoms in total. The summed E-state index contributed by atoms with van der Waals surface area (Å²) in [5, 5.41) is 3.16. The minimum atomic E-state index is -3.27. The Bertz CT molecular complexity index is 427. The van der Waals surface area contributed by atoms with E-state index in [0.717, 1.165) is 19.4 Å². The van der Waals surface area contributed by atoms with E-state index < -0.39 is 10.0 Å². The zero-order valence-corrected chi connectivity index (χ0v) is 9.70. The minimum Gasteiger partial charge on any atom is -0.313 e. The van der Waals surface area contributed by atoms with Crippen molar-refractivity contribution in [2.75, 3.05) is 17.0 Å². The van der Waals surface area contributed by atoms with Crippen molar-refractivity contribution in [3.05, 3.63) is 24.5 Å². The quantitative estimate of drug-likeness (QED) is 0.808. The molecule has 0 spiro atoms. The summed E-state index contributed by atoms with van der Waals surface area (Å²) < 4.78 is 26.1. The Labute approximate surface area is 95.3 Å². The number of hydrogen-bond acceptors (Lipinski definition) is 4. The Kier molecular flexibility index (Phi) is 3.40. The smallest absolute Gasteiger partial charge is 0.234 e. The van der Waals surface area contributed by atoms with Gasteiger partial charge in [-0.05, 0) is 31.5 Å². The molecule has 0 amide bonds. The summed E-state index contributed by atoms with van der Waals surface area (Å²) in [5.74, 6) is 0.127. The molecule has 2 N–H and O–H groups in total. The Morgan fingerprint density at radius 1 is 1.56 bits per heavy atom. The largest absolute Gasteiger partial charge is 0.313 e. The zero-order valence-electron chi connectivity index (χ0n) is 8.89. The molecule has 0 aliphatic carbocycles. The van der Waals surface area contributed by atoms with Crippen LogP contribution in [0.5, 0.6) is 0 Å². The second-order valence-corrected chi connectivity index (χ2v) is 5.69. The third-order valence-electron chi connectivity index (χ3n) is 2.52. The highest BCUT2D eigenvalue weighted by atomic mass is 32.2. The van der Waals surface area contributed by atoms with Crippen LogP contribution in [-0.2, 0) is 10.0 Å². The summed E-state index contributed by atoms with van der Waals surface area (Å²) in [6, 6.07) is 3.47. The van der Waals surface area contributed by atoms with E-state index in [9.17, 15) is 8.42 Å². The van der Waals surface area contributed by atoms with Gasteiger partial charge in [0.15, 0.2) is 0 Å². The van der Waals surface area contributed by atoms with Crippen LogP contribution in [0.25, 0.3) is 0 Å². The first kappa shape index (κ1) is 11.3. The first-order chi connectivity index (χ1) is 7.66. The summed E-state index contributed by atoms with van der Waals surface area (Å²) in [7, 11) is -3.27. The molecule has 88 valence electrons. The van der Waals surface area contributed by atoms with E-state index in [-0.39, 0.29) is 11.8 Å². The molecule has 2 heterocycles. The predicted octanol–water partition coefficient (Wildman–Crippen LogP) is 0.575. The summed E-state index contributed by atoms with van der Waals surface area (Å²) in [5.41, 5.74) is 0.514. The van der Waals surface area contributed by atoms with Crippen molar-refractivity contribution in [3.8, 4) is 0 Å². The zero-order chi connectivity index (χ0) is 11.4. The van der Waals surface area contributed by atoms with E-state index in [0.29, 0.717) is 5.69 Å². The van der Waals surface area contributed by atoms with E-state index in [1.165, 1.54) is 6.20 Å². The molecule has 0 radical (unpaired) electrons. The van der Waals surface area contributed by atoms with Crippen LogP contribution in [0.4, 0.5) is 5.69 Å². The lowest BCUT2D eigenvalue weighted by Gasteiger charge is -2.12. The van der Waals surface area contributed by atoms with Crippen LogP contribution in [-0.4, -0.2) is 31.7 Å². The average molecular weight is 241 g/mol. The van der Waals surface area contributed by atoms with Crippen LogP contribution < -0.4 is 10.0 Å². The van der Waals surface area contributed by atoms with Gasteiger partial charge in [-0.3, -0.25) is 9.71 Å². The second kappa shape index (κ2) is 4.80. The fourth-order valence-electron chi connectivity index (χ4n) is 1.81. The molecule has 0 saturated carbocycles. The van der Waals surface area contributed by atoms with Gasteiger partial charge in [0.1, 0.15) is 0 Å². The molecule has 16 heavy (non-hydrogen) atoms. The van der Waals surface area contributed by atoms with Crippen molar-refractivity contribution in [2.45, 2.75) is 18.9 Å². The topological polar surface area (TPSA) is 71.1 Å². The van der Waals surface area contributed by atoms with Crippen LogP contribution >= 0.6 is 0 Å². The van der Waals surface area contributed by atoms with Gasteiger partial charge < -0.3 is 5.32 Å². The van der Waals surface area contributed by atoms with Crippen LogP contribution in [0.1, 0.15) is 12.8 Å². The Morgan fingerprint density at radius 3 is 3.06 bits per heavy atom. The number of anilines is 1. The second-order valence-electron chi connectivity index (χ2n) is 3.92. The van der Waals surface area contributed by atoms with Crippen molar-refractivity contribution in [1.29, 1.82) is 0 Å². The lowest BCUT2D eigenvalue weighted by atomic mass is 10.3. The first-order valence-corrected chi connectivity index (χ1v) is 6.95. The summed E-state index contributed by atoms with van der Waals surface area (Å²) >= 11 is 0. The highest BCUT2D eigenvalue weighted by Crippen LogP contribution is 2.11. The van der Waals surface area contributed by atoms with Gasteiger partial charge in [-0.2, -0.15) is 0 Å². The maximum atomic E-state index is 11.8. The summed E-state index contributed by atoms with van der Waals surface area (Å²) in [4.78, 5) is 3.86. The summed E-state index contributed by atoms with van der Waals surface area (Å²) in [6.45, 7) is 0.910. The fourth-order valence-corrected chi connectivity index (χ4v) is 3.19. The number of sulfonamides is 1. The molecule has 6 heteroatoms. The first-order valence-electron chi connectivity index (χ1n) is 5.30. The molecule has 1 atom stereocenters. The van der Waals surface area contributed by atoms with Crippen LogP contribution in [0.15, 0.2) is 24.5 Å². The van der Waals surface area contributed by atoms with E-state index in [4.69, 9.17) is 0 Å². The maximum absolute atomic E-state index is 11.8. The van der Waals surface area contributed by atoms with Crippen molar-refractivity contribution in [1.82, 2.24) is 10.3 Å². The SMILES string of the molecule is O=S(=O)(CC1CCCN1)Nc1cccnc1. The molecule has 0 bridgehead atoms. The molecule has 1 aliphatic heterocycles. The maximum Gasteiger partial charge on any atom is 0.234 e. The fraction of sp³-hybridized carbons (Fsp3) is 0.500. The van der Waals surface area contributed by atoms with E-state index in [1.807, 2.05) is 0 Å². The number of aromatic nitrogens is 1. The lowest BCUT2D eigenvalue weighted by molar-refractivity contribution is 0.582. The minimum absolute atomic E-state index is 0.0779. The number of hydrogen-bond donors (Lipinski definition) is 2. The molecule has 0 aromatic carbocycles. The summed E-state index contributed by atoms with van der Waals surface area (Å²) in [6.07, 6.45) is 5.08.